The quantitative estimate of drug-likeness (QED) is 0.677. The minimum atomic E-state index is -0.675. The Balaban J connectivity index is 2.01. The predicted octanol–water partition coefficient (Wildman–Crippen LogP) is 1.80. The Kier molecular flexibility index (Phi) is 4.49. The van der Waals surface area contributed by atoms with E-state index in [9.17, 15) is 15.2 Å². The molecule has 2 rings (SSSR count). The fourth-order valence-electron chi connectivity index (χ4n) is 2.80. The number of nitro groups is 1. The highest BCUT2D eigenvalue weighted by Gasteiger charge is 2.23. The highest BCUT2D eigenvalue weighted by Crippen LogP contribution is 2.25. The van der Waals surface area contributed by atoms with Crippen molar-refractivity contribution < 1.29 is 10.0 Å². The second-order valence-electron chi connectivity index (χ2n) is 6.30. The first-order valence-electron chi connectivity index (χ1n) is 7.21. The molecule has 1 N–H and O–H groups in total. The van der Waals surface area contributed by atoms with Crippen LogP contribution in [0.25, 0.3) is 0 Å². The van der Waals surface area contributed by atoms with Crippen LogP contribution in [0.2, 0.25) is 0 Å². The summed E-state index contributed by atoms with van der Waals surface area (Å²) < 4.78 is 0. The zero-order chi connectivity index (χ0) is 15.6. The molecule has 6 nitrogen and oxygen atoms in total. The molecule has 1 saturated heterocycles. The Bertz CT molecular complexity index is 517. The molecule has 0 unspecified atom stereocenters. The molecule has 21 heavy (non-hydrogen) atoms. The number of piperazine rings is 1. The maximum absolute atomic E-state index is 10.8. The Morgan fingerprint density at radius 3 is 2.38 bits per heavy atom. The van der Waals surface area contributed by atoms with Crippen molar-refractivity contribution in [2.75, 3.05) is 37.6 Å². The lowest BCUT2D eigenvalue weighted by molar-refractivity contribution is -0.384. The van der Waals surface area contributed by atoms with Gasteiger partial charge in [-0.05, 0) is 32.4 Å². The first-order valence-corrected chi connectivity index (χ1v) is 7.21. The average molecular weight is 293 g/mol. The van der Waals surface area contributed by atoms with Crippen LogP contribution >= 0.6 is 0 Å². The number of nitro benzene ring substituents is 1. The summed E-state index contributed by atoms with van der Waals surface area (Å²) >= 11 is 0. The van der Waals surface area contributed by atoms with E-state index in [0.717, 1.165) is 37.4 Å². The van der Waals surface area contributed by atoms with E-state index in [0.29, 0.717) is 6.54 Å². The van der Waals surface area contributed by atoms with E-state index in [-0.39, 0.29) is 10.6 Å². The molecule has 0 radical (unpaired) electrons. The zero-order valence-corrected chi connectivity index (χ0v) is 12.9. The number of hydrogen-bond donors (Lipinski definition) is 1. The van der Waals surface area contributed by atoms with Gasteiger partial charge in [0.05, 0.1) is 10.5 Å². The number of aliphatic hydroxyl groups is 1. The molecule has 0 aliphatic carbocycles. The van der Waals surface area contributed by atoms with E-state index in [1.807, 2.05) is 26.8 Å². The van der Waals surface area contributed by atoms with Crippen LogP contribution in [0.5, 0.6) is 0 Å². The van der Waals surface area contributed by atoms with Gasteiger partial charge in [0.2, 0.25) is 0 Å². The van der Waals surface area contributed by atoms with Gasteiger partial charge in [0, 0.05) is 50.5 Å². The molecule has 0 amide bonds. The van der Waals surface area contributed by atoms with Crippen molar-refractivity contribution >= 4 is 11.4 Å². The lowest BCUT2D eigenvalue weighted by Gasteiger charge is -2.38. The molecule has 1 aliphatic rings. The van der Waals surface area contributed by atoms with E-state index >= 15 is 0 Å². The van der Waals surface area contributed by atoms with Crippen molar-refractivity contribution in [2.45, 2.75) is 26.4 Å². The number of non-ortho nitro benzene ring substituents is 1. The normalized spacial score (nSPS) is 17.0. The van der Waals surface area contributed by atoms with Crippen molar-refractivity contribution in [1.82, 2.24) is 4.90 Å². The van der Waals surface area contributed by atoms with Gasteiger partial charge in [-0.1, -0.05) is 0 Å². The molecule has 1 aliphatic heterocycles. The lowest BCUT2D eigenvalue weighted by atomic mass is 10.1. The second kappa shape index (κ2) is 5.99. The van der Waals surface area contributed by atoms with E-state index in [1.165, 1.54) is 0 Å². The summed E-state index contributed by atoms with van der Waals surface area (Å²) in [6.07, 6.45) is 0. The smallest absolute Gasteiger partial charge is 0.269 e. The summed E-state index contributed by atoms with van der Waals surface area (Å²) in [4.78, 5) is 14.9. The van der Waals surface area contributed by atoms with Crippen LogP contribution in [0.3, 0.4) is 0 Å². The molecule has 116 valence electrons. The topological polar surface area (TPSA) is 69.9 Å². The van der Waals surface area contributed by atoms with Crippen LogP contribution in [0.1, 0.15) is 19.4 Å². The molecule has 1 aromatic carbocycles. The average Bonchev–Trinajstić information content (AvgIpc) is 2.38. The Labute approximate surface area is 125 Å². The minimum absolute atomic E-state index is 0.136. The number of benzene rings is 1. The highest BCUT2D eigenvalue weighted by atomic mass is 16.6. The van der Waals surface area contributed by atoms with Crippen LogP contribution in [0.4, 0.5) is 11.4 Å². The second-order valence-corrected chi connectivity index (χ2v) is 6.30. The largest absolute Gasteiger partial charge is 0.389 e. The Hall–Kier alpha value is -1.66. The highest BCUT2D eigenvalue weighted by molar-refractivity contribution is 5.57. The minimum Gasteiger partial charge on any atom is -0.389 e. The number of β-amino-alcohol motifs (C(OH)–C–C–N with tert-alkyl or cyclic N) is 1. The third kappa shape index (κ3) is 4.15. The molecule has 0 bridgehead atoms. The van der Waals surface area contributed by atoms with Gasteiger partial charge in [-0.25, -0.2) is 0 Å². The molecular formula is C15H23N3O3. The van der Waals surface area contributed by atoms with Crippen LogP contribution < -0.4 is 4.90 Å². The van der Waals surface area contributed by atoms with E-state index < -0.39 is 5.60 Å². The summed E-state index contributed by atoms with van der Waals surface area (Å²) in [5, 5.41) is 20.6. The third-order valence-corrected chi connectivity index (χ3v) is 3.71. The van der Waals surface area contributed by atoms with Crippen LogP contribution in [-0.2, 0) is 0 Å². The Morgan fingerprint density at radius 2 is 1.90 bits per heavy atom. The van der Waals surface area contributed by atoms with Crippen LogP contribution in [0.15, 0.2) is 18.2 Å². The summed E-state index contributed by atoms with van der Waals surface area (Å²) in [6, 6.07) is 5.02. The molecule has 0 spiro atoms. The Morgan fingerprint density at radius 1 is 1.29 bits per heavy atom. The number of aryl methyl sites for hydroxylation is 1. The van der Waals surface area contributed by atoms with Crippen molar-refractivity contribution in [3.05, 3.63) is 33.9 Å². The molecule has 0 saturated carbocycles. The van der Waals surface area contributed by atoms with E-state index in [2.05, 4.69) is 9.80 Å². The van der Waals surface area contributed by atoms with Crippen molar-refractivity contribution in [2.24, 2.45) is 0 Å². The van der Waals surface area contributed by atoms with E-state index in [4.69, 9.17) is 0 Å². The number of anilines is 1. The van der Waals surface area contributed by atoms with Crippen LogP contribution in [-0.4, -0.2) is 53.3 Å². The number of rotatable bonds is 4. The van der Waals surface area contributed by atoms with Gasteiger partial charge >= 0.3 is 0 Å². The van der Waals surface area contributed by atoms with Gasteiger partial charge in [-0.15, -0.1) is 0 Å². The van der Waals surface area contributed by atoms with Crippen molar-refractivity contribution in [1.29, 1.82) is 0 Å². The zero-order valence-electron chi connectivity index (χ0n) is 12.9. The first-order chi connectivity index (χ1) is 9.76. The summed E-state index contributed by atoms with van der Waals surface area (Å²) in [5.74, 6) is 0. The summed E-state index contributed by atoms with van der Waals surface area (Å²) in [6.45, 7) is 9.73. The molecule has 1 aromatic rings. The number of hydrogen-bond acceptors (Lipinski definition) is 5. The summed E-state index contributed by atoms with van der Waals surface area (Å²) in [5.41, 5.74) is 1.45. The van der Waals surface area contributed by atoms with Gasteiger partial charge in [0.25, 0.3) is 5.69 Å². The molecule has 0 aromatic heterocycles. The monoisotopic (exact) mass is 293 g/mol. The summed E-state index contributed by atoms with van der Waals surface area (Å²) in [7, 11) is 0. The lowest BCUT2D eigenvalue weighted by Crippen LogP contribution is -2.50. The van der Waals surface area contributed by atoms with Gasteiger partial charge in [-0.2, -0.15) is 0 Å². The fraction of sp³-hybridized carbons (Fsp3) is 0.600. The molecule has 1 heterocycles. The number of nitrogens with zero attached hydrogens (tertiary/aromatic N) is 3. The van der Waals surface area contributed by atoms with Gasteiger partial charge in [0.1, 0.15) is 0 Å². The van der Waals surface area contributed by atoms with Gasteiger partial charge in [0.15, 0.2) is 0 Å². The maximum atomic E-state index is 10.8. The fourth-order valence-corrected chi connectivity index (χ4v) is 2.80. The SMILES string of the molecule is Cc1cc([N+](=O)[O-])ccc1N1CCN(CC(C)(C)O)CC1. The first kappa shape index (κ1) is 15.7. The van der Waals surface area contributed by atoms with E-state index in [1.54, 1.807) is 12.1 Å². The van der Waals surface area contributed by atoms with Gasteiger partial charge in [-0.3, -0.25) is 15.0 Å². The predicted molar refractivity (Wildman–Crippen MR) is 82.8 cm³/mol. The third-order valence-electron chi connectivity index (χ3n) is 3.71. The maximum Gasteiger partial charge on any atom is 0.269 e. The van der Waals surface area contributed by atoms with Gasteiger partial charge < -0.3 is 10.0 Å². The standard InChI is InChI=1S/C15H23N3O3/c1-12-10-13(18(20)21)4-5-14(12)17-8-6-16(7-9-17)11-15(2,3)19/h4-5,10,19H,6-9,11H2,1-3H3. The van der Waals surface area contributed by atoms with Crippen molar-refractivity contribution in [3.63, 3.8) is 0 Å². The molecular weight excluding hydrogens is 270 g/mol. The molecule has 6 heteroatoms. The van der Waals surface area contributed by atoms with Crippen LogP contribution in [0, 0.1) is 17.0 Å². The molecule has 0 atom stereocenters. The molecule has 1 fully saturated rings. The van der Waals surface area contributed by atoms with Crippen molar-refractivity contribution in [3.8, 4) is 0 Å².